The predicted octanol–water partition coefficient (Wildman–Crippen LogP) is 4.26. The Morgan fingerprint density at radius 1 is 0.914 bits per heavy atom. The average Bonchev–Trinajstić information content (AvgIpc) is 2.90. The molecule has 3 aromatic rings. The molecule has 6 nitrogen and oxygen atoms in total. The molecule has 0 saturated carbocycles. The van der Waals surface area contributed by atoms with Gasteiger partial charge >= 0.3 is 5.97 Å². The first-order chi connectivity index (χ1) is 17.1. The first-order valence-corrected chi connectivity index (χ1v) is 12.4. The van der Waals surface area contributed by atoms with E-state index in [4.69, 9.17) is 14.2 Å². The number of benzene rings is 3. The fourth-order valence-corrected chi connectivity index (χ4v) is 5.96. The predicted molar refractivity (Wildman–Crippen MR) is 130 cm³/mol. The van der Waals surface area contributed by atoms with E-state index in [0.29, 0.717) is 35.2 Å². The second-order valence-corrected chi connectivity index (χ2v) is 9.94. The van der Waals surface area contributed by atoms with Crippen LogP contribution in [0.2, 0.25) is 0 Å². The SMILES string of the molecule is O=C(OC1C[N+]2(CCOc3ccccc3)CCC1CC2)C1(O)c2ccccc2Oc2ccccc21. The van der Waals surface area contributed by atoms with Crippen LogP contribution in [-0.4, -0.2) is 54.4 Å². The second-order valence-electron chi connectivity index (χ2n) is 9.94. The molecule has 4 aliphatic rings. The molecule has 7 rings (SSSR count). The van der Waals surface area contributed by atoms with E-state index >= 15 is 0 Å². The molecular weight excluding hydrogens is 442 g/mol. The highest BCUT2D eigenvalue weighted by Gasteiger charge is 2.53. The molecule has 0 amide bonds. The van der Waals surface area contributed by atoms with Crippen LogP contribution >= 0.6 is 0 Å². The summed E-state index contributed by atoms with van der Waals surface area (Å²) in [6, 6.07) is 24.1. The summed E-state index contributed by atoms with van der Waals surface area (Å²) in [6.45, 7) is 4.39. The molecule has 4 heterocycles. The van der Waals surface area contributed by atoms with Crippen LogP contribution in [0, 0.1) is 5.92 Å². The summed E-state index contributed by atoms with van der Waals surface area (Å²) in [5, 5.41) is 11.9. The zero-order valence-corrected chi connectivity index (χ0v) is 19.6. The van der Waals surface area contributed by atoms with Crippen molar-refractivity contribution in [2.24, 2.45) is 5.92 Å². The van der Waals surface area contributed by atoms with Gasteiger partial charge in [0.05, 0.1) is 13.1 Å². The van der Waals surface area contributed by atoms with Gasteiger partial charge in [0, 0.05) is 29.9 Å². The minimum Gasteiger partial charge on any atom is -0.488 e. The van der Waals surface area contributed by atoms with Crippen molar-refractivity contribution in [3.8, 4) is 17.2 Å². The van der Waals surface area contributed by atoms with Gasteiger partial charge in [-0.05, 0) is 24.3 Å². The minimum atomic E-state index is -1.90. The Balaban J connectivity index is 1.21. The van der Waals surface area contributed by atoms with Crippen LogP contribution in [0.5, 0.6) is 17.2 Å². The maximum absolute atomic E-state index is 13.7. The minimum absolute atomic E-state index is 0.229. The lowest BCUT2D eigenvalue weighted by atomic mass is 9.81. The largest absolute Gasteiger partial charge is 0.488 e. The molecule has 0 spiro atoms. The van der Waals surface area contributed by atoms with Crippen LogP contribution in [-0.2, 0) is 15.1 Å². The normalized spacial score (nSPS) is 25.6. The Morgan fingerprint density at radius 3 is 2.17 bits per heavy atom. The number of fused-ring (bicyclic) bond motifs is 5. The van der Waals surface area contributed by atoms with Crippen molar-refractivity contribution in [2.75, 3.05) is 32.8 Å². The van der Waals surface area contributed by atoms with Gasteiger partial charge in [0.1, 0.15) is 36.9 Å². The van der Waals surface area contributed by atoms with Gasteiger partial charge in [-0.3, -0.25) is 0 Å². The molecule has 1 unspecified atom stereocenters. The Bertz CT molecular complexity index is 1170. The van der Waals surface area contributed by atoms with Crippen molar-refractivity contribution < 1.29 is 28.6 Å². The van der Waals surface area contributed by atoms with E-state index in [1.807, 2.05) is 42.5 Å². The van der Waals surface area contributed by atoms with Crippen molar-refractivity contribution >= 4 is 5.97 Å². The molecule has 180 valence electrons. The standard InChI is InChI=1S/C29H30NO5/c31-28(29(32)23-10-4-6-12-25(23)34-26-13-7-5-11-24(26)29)35-27-20-30(16-14-21(27)15-17-30)18-19-33-22-8-2-1-3-9-22/h1-13,21,27,32H,14-20H2/q+1. The lowest BCUT2D eigenvalue weighted by Crippen LogP contribution is -2.65. The van der Waals surface area contributed by atoms with Crippen LogP contribution in [0.3, 0.4) is 0 Å². The van der Waals surface area contributed by atoms with E-state index in [1.165, 1.54) is 0 Å². The van der Waals surface area contributed by atoms with Gasteiger partial charge in [-0.2, -0.15) is 0 Å². The van der Waals surface area contributed by atoms with Crippen molar-refractivity contribution in [1.29, 1.82) is 0 Å². The number of carbonyl (C=O) groups is 1. The first-order valence-electron chi connectivity index (χ1n) is 12.4. The van der Waals surface area contributed by atoms with Crippen molar-refractivity contribution in [3.63, 3.8) is 0 Å². The molecule has 2 bridgehead atoms. The van der Waals surface area contributed by atoms with Gasteiger partial charge in [-0.1, -0.05) is 54.6 Å². The Kier molecular flexibility index (Phi) is 5.50. The summed E-state index contributed by atoms with van der Waals surface area (Å²) in [7, 11) is 0. The van der Waals surface area contributed by atoms with Gasteiger partial charge in [-0.15, -0.1) is 0 Å². The highest BCUT2D eigenvalue weighted by molar-refractivity contribution is 5.88. The zero-order valence-electron chi connectivity index (χ0n) is 19.6. The topological polar surface area (TPSA) is 65.0 Å². The summed E-state index contributed by atoms with van der Waals surface area (Å²) in [6.07, 6.45) is 1.80. The number of piperidine rings is 3. The number of hydrogen-bond acceptors (Lipinski definition) is 5. The summed E-state index contributed by atoms with van der Waals surface area (Å²) in [4.78, 5) is 13.7. The lowest BCUT2D eigenvalue weighted by molar-refractivity contribution is -0.946. The molecule has 4 aliphatic heterocycles. The maximum atomic E-state index is 13.7. The molecular formula is C29H30NO5+. The number of carbonyl (C=O) groups excluding carboxylic acids is 1. The van der Waals surface area contributed by atoms with Crippen LogP contribution in [0.4, 0.5) is 0 Å². The fraction of sp³-hybridized carbons (Fsp3) is 0.345. The van der Waals surface area contributed by atoms with Gasteiger partial charge in [0.2, 0.25) is 5.60 Å². The molecule has 0 aromatic heterocycles. The second kappa shape index (κ2) is 8.70. The third-order valence-corrected chi connectivity index (χ3v) is 7.95. The van der Waals surface area contributed by atoms with Crippen LogP contribution < -0.4 is 9.47 Å². The van der Waals surface area contributed by atoms with E-state index in [0.717, 1.165) is 49.3 Å². The molecule has 3 fully saturated rings. The number of ether oxygens (including phenoxy) is 3. The molecule has 1 atom stereocenters. The van der Waals surface area contributed by atoms with Crippen molar-refractivity contribution in [3.05, 3.63) is 90.0 Å². The fourth-order valence-electron chi connectivity index (χ4n) is 5.96. The number of esters is 1. The van der Waals surface area contributed by atoms with Crippen LogP contribution in [0.25, 0.3) is 0 Å². The first kappa shape index (κ1) is 22.1. The van der Waals surface area contributed by atoms with E-state index < -0.39 is 11.6 Å². The summed E-state index contributed by atoms with van der Waals surface area (Å²) in [5.74, 6) is 1.52. The van der Waals surface area contributed by atoms with E-state index in [2.05, 4.69) is 0 Å². The maximum Gasteiger partial charge on any atom is 0.348 e. The molecule has 1 N–H and O–H groups in total. The summed E-state index contributed by atoms with van der Waals surface area (Å²) in [5.41, 5.74) is -1.06. The molecule has 0 radical (unpaired) electrons. The molecule has 3 saturated heterocycles. The summed E-state index contributed by atoms with van der Waals surface area (Å²) < 4.78 is 19.0. The van der Waals surface area contributed by atoms with E-state index in [-0.39, 0.29) is 6.10 Å². The molecule has 0 aliphatic carbocycles. The lowest BCUT2D eigenvalue weighted by Gasteiger charge is -2.52. The molecule has 35 heavy (non-hydrogen) atoms. The number of nitrogens with zero attached hydrogens (tertiary/aromatic N) is 1. The zero-order chi connectivity index (χ0) is 23.9. The highest BCUT2D eigenvalue weighted by atomic mass is 16.6. The third-order valence-electron chi connectivity index (χ3n) is 7.95. The number of hydrogen-bond donors (Lipinski definition) is 1. The number of para-hydroxylation sites is 3. The molecule has 3 aromatic carbocycles. The highest BCUT2D eigenvalue weighted by Crippen LogP contribution is 2.48. The van der Waals surface area contributed by atoms with E-state index in [9.17, 15) is 9.90 Å². The Labute approximate surface area is 205 Å². The Hall–Kier alpha value is -3.35. The third kappa shape index (κ3) is 3.87. The Morgan fingerprint density at radius 2 is 1.51 bits per heavy atom. The molecule has 6 heteroatoms. The van der Waals surface area contributed by atoms with Gasteiger partial charge in [0.25, 0.3) is 0 Å². The summed E-state index contributed by atoms with van der Waals surface area (Å²) >= 11 is 0. The smallest absolute Gasteiger partial charge is 0.348 e. The monoisotopic (exact) mass is 472 g/mol. The number of rotatable bonds is 6. The van der Waals surface area contributed by atoms with Gasteiger partial charge in [0.15, 0.2) is 6.10 Å². The van der Waals surface area contributed by atoms with Crippen molar-refractivity contribution in [1.82, 2.24) is 0 Å². The quantitative estimate of drug-likeness (QED) is 0.429. The van der Waals surface area contributed by atoms with Crippen molar-refractivity contribution in [2.45, 2.75) is 24.5 Å². The average molecular weight is 473 g/mol. The number of aliphatic hydroxyl groups is 1. The van der Waals surface area contributed by atoms with Gasteiger partial charge < -0.3 is 23.8 Å². The van der Waals surface area contributed by atoms with Crippen LogP contribution in [0.15, 0.2) is 78.9 Å². The number of quaternary nitrogens is 1. The van der Waals surface area contributed by atoms with E-state index in [1.54, 1.807) is 36.4 Å². The van der Waals surface area contributed by atoms with Crippen LogP contribution in [0.1, 0.15) is 24.0 Å². The van der Waals surface area contributed by atoms with Gasteiger partial charge in [-0.25, -0.2) is 4.79 Å².